The number of nitrogens with zero attached hydrogens (tertiary/aromatic N) is 2. The van der Waals surface area contributed by atoms with Crippen molar-refractivity contribution in [2.75, 3.05) is 6.54 Å². The summed E-state index contributed by atoms with van der Waals surface area (Å²) in [4.78, 5) is 13.2. The third kappa shape index (κ3) is 2.72. The quantitative estimate of drug-likeness (QED) is 0.926. The largest absolute Gasteiger partial charge is 0.463 e. The summed E-state index contributed by atoms with van der Waals surface area (Å²) in [5.41, 5.74) is 0.413. The van der Waals surface area contributed by atoms with Crippen molar-refractivity contribution in [3.05, 3.63) is 30.2 Å². The summed E-state index contributed by atoms with van der Waals surface area (Å²) in [6, 6.07) is 3.00. The summed E-state index contributed by atoms with van der Waals surface area (Å²) in [6.07, 6.45) is -2.00. The summed E-state index contributed by atoms with van der Waals surface area (Å²) in [5.74, 6) is -0.242. The number of piperidine rings is 1. The van der Waals surface area contributed by atoms with Crippen LogP contribution in [0.5, 0.6) is 0 Å². The molecular weight excluding hydrogens is 299 g/mol. The number of rotatable bonds is 2. The summed E-state index contributed by atoms with van der Waals surface area (Å²) >= 11 is 0. The minimum absolute atomic E-state index is 0.0393. The van der Waals surface area contributed by atoms with Crippen molar-refractivity contribution in [1.82, 2.24) is 15.1 Å². The fourth-order valence-electron chi connectivity index (χ4n) is 2.65. The molecule has 3 heterocycles. The zero-order valence-electron chi connectivity index (χ0n) is 11.6. The van der Waals surface area contributed by atoms with Gasteiger partial charge in [-0.2, -0.15) is 18.3 Å². The molecule has 1 aliphatic heterocycles. The molecule has 3 rings (SSSR count). The van der Waals surface area contributed by atoms with Crippen LogP contribution in [0.25, 0.3) is 11.5 Å². The predicted octanol–water partition coefficient (Wildman–Crippen LogP) is 3.23. The van der Waals surface area contributed by atoms with E-state index in [-0.39, 0.29) is 18.7 Å². The molecule has 1 aliphatic rings. The number of aromatic amines is 1. The van der Waals surface area contributed by atoms with Crippen LogP contribution in [0.3, 0.4) is 0 Å². The summed E-state index contributed by atoms with van der Waals surface area (Å²) in [5, 5.41) is 6.43. The first-order valence-electron chi connectivity index (χ1n) is 6.94. The maximum absolute atomic E-state index is 13.1. The van der Waals surface area contributed by atoms with Gasteiger partial charge in [0.1, 0.15) is 11.7 Å². The molecule has 1 amide bonds. The van der Waals surface area contributed by atoms with E-state index in [0.717, 1.165) is 4.90 Å². The number of hydrogen-bond acceptors (Lipinski definition) is 3. The Balaban J connectivity index is 1.83. The van der Waals surface area contributed by atoms with Crippen LogP contribution in [0.1, 0.15) is 29.8 Å². The van der Waals surface area contributed by atoms with Gasteiger partial charge < -0.3 is 9.32 Å². The molecule has 1 N–H and O–H groups in total. The first-order chi connectivity index (χ1) is 10.5. The Labute approximate surface area is 124 Å². The number of furan rings is 1. The van der Waals surface area contributed by atoms with Crippen LogP contribution in [-0.4, -0.2) is 39.8 Å². The number of nitrogens with one attached hydrogen (secondary N) is 1. The van der Waals surface area contributed by atoms with Crippen LogP contribution in [0, 0.1) is 0 Å². The number of hydrogen-bond donors (Lipinski definition) is 1. The van der Waals surface area contributed by atoms with Gasteiger partial charge in [-0.05, 0) is 31.4 Å². The highest BCUT2D eigenvalue weighted by Crippen LogP contribution is 2.32. The van der Waals surface area contributed by atoms with E-state index in [4.69, 9.17) is 4.42 Å². The molecule has 0 spiro atoms. The molecule has 5 nitrogen and oxygen atoms in total. The number of H-pyrrole nitrogens is 1. The summed E-state index contributed by atoms with van der Waals surface area (Å²) in [6.45, 7) is 0.0892. The lowest BCUT2D eigenvalue weighted by Crippen LogP contribution is -2.51. The summed E-state index contributed by atoms with van der Waals surface area (Å²) < 4.78 is 44.3. The van der Waals surface area contributed by atoms with Gasteiger partial charge >= 0.3 is 6.18 Å². The Morgan fingerprint density at radius 1 is 1.41 bits per heavy atom. The average Bonchev–Trinajstić information content (AvgIpc) is 3.16. The van der Waals surface area contributed by atoms with Gasteiger partial charge in [0.25, 0.3) is 5.91 Å². The van der Waals surface area contributed by atoms with Gasteiger partial charge in [0.05, 0.1) is 6.26 Å². The van der Waals surface area contributed by atoms with E-state index >= 15 is 0 Å². The standard InChI is InChI=1S/C14H14F3N3O2/c15-14(16,17)12-5-1-2-6-20(12)13(21)10-8-9(18-19-10)11-4-3-7-22-11/h3-4,7-8,12H,1-2,5-6H2,(H,18,19). The van der Waals surface area contributed by atoms with Crippen molar-refractivity contribution in [1.29, 1.82) is 0 Å². The highest BCUT2D eigenvalue weighted by atomic mass is 19.4. The van der Waals surface area contributed by atoms with Gasteiger partial charge in [0, 0.05) is 12.6 Å². The van der Waals surface area contributed by atoms with Crippen molar-refractivity contribution in [3.63, 3.8) is 0 Å². The van der Waals surface area contributed by atoms with Crippen molar-refractivity contribution in [2.24, 2.45) is 0 Å². The third-order valence-electron chi connectivity index (χ3n) is 3.73. The molecule has 0 saturated carbocycles. The lowest BCUT2D eigenvalue weighted by atomic mass is 10.0. The zero-order chi connectivity index (χ0) is 15.7. The SMILES string of the molecule is O=C(c1cc(-c2ccco2)[nH]n1)N1CCCCC1C(F)(F)F. The first-order valence-corrected chi connectivity index (χ1v) is 6.94. The third-order valence-corrected chi connectivity index (χ3v) is 3.73. The second-order valence-corrected chi connectivity index (χ2v) is 5.20. The van der Waals surface area contributed by atoms with Gasteiger partial charge in [0.2, 0.25) is 0 Å². The molecule has 1 saturated heterocycles. The van der Waals surface area contributed by atoms with E-state index in [0.29, 0.717) is 24.3 Å². The van der Waals surface area contributed by atoms with E-state index in [1.165, 1.54) is 12.3 Å². The smallest absolute Gasteiger partial charge is 0.408 e. The number of carbonyl (C=O) groups excluding carboxylic acids is 1. The fraction of sp³-hybridized carbons (Fsp3) is 0.429. The Bertz CT molecular complexity index is 649. The van der Waals surface area contributed by atoms with Crippen LogP contribution in [0.2, 0.25) is 0 Å². The second kappa shape index (κ2) is 5.51. The van der Waals surface area contributed by atoms with Crippen molar-refractivity contribution in [2.45, 2.75) is 31.5 Å². The highest BCUT2D eigenvalue weighted by molar-refractivity contribution is 5.93. The van der Waals surface area contributed by atoms with Crippen molar-refractivity contribution in [3.8, 4) is 11.5 Å². The number of aromatic nitrogens is 2. The van der Waals surface area contributed by atoms with Gasteiger partial charge in [-0.15, -0.1) is 0 Å². The molecule has 0 bridgehead atoms. The Hall–Kier alpha value is -2.25. The highest BCUT2D eigenvalue weighted by Gasteiger charge is 2.46. The molecule has 1 atom stereocenters. The van der Waals surface area contributed by atoms with Crippen LogP contribution in [0.15, 0.2) is 28.9 Å². The zero-order valence-corrected chi connectivity index (χ0v) is 11.6. The normalized spacial score (nSPS) is 19.4. The minimum Gasteiger partial charge on any atom is -0.463 e. The van der Waals surface area contributed by atoms with Gasteiger partial charge in [-0.1, -0.05) is 0 Å². The van der Waals surface area contributed by atoms with Crippen molar-refractivity contribution >= 4 is 5.91 Å². The molecule has 1 fully saturated rings. The molecule has 2 aromatic heterocycles. The molecule has 2 aromatic rings. The van der Waals surface area contributed by atoms with E-state index in [1.54, 1.807) is 12.1 Å². The van der Waals surface area contributed by atoms with E-state index < -0.39 is 18.1 Å². The Morgan fingerprint density at radius 3 is 2.91 bits per heavy atom. The molecule has 118 valence electrons. The van der Waals surface area contributed by atoms with E-state index in [9.17, 15) is 18.0 Å². The molecule has 0 radical (unpaired) electrons. The lowest BCUT2D eigenvalue weighted by Gasteiger charge is -2.36. The monoisotopic (exact) mass is 313 g/mol. The second-order valence-electron chi connectivity index (χ2n) is 5.20. The van der Waals surface area contributed by atoms with Gasteiger partial charge in [0.15, 0.2) is 11.5 Å². The number of likely N-dealkylation sites (tertiary alicyclic amines) is 1. The van der Waals surface area contributed by atoms with Crippen LogP contribution in [-0.2, 0) is 0 Å². The van der Waals surface area contributed by atoms with Crippen molar-refractivity contribution < 1.29 is 22.4 Å². The molecule has 22 heavy (non-hydrogen) atoms. The molecule has 8 heteroatoms. The Morgan fingerprint density at radius 2 is 2.23 bits per heavy atom. The molecular formula is C14H14F3N3O2. The lowest BCUT2D eigenvalue weighted by molar-refractivity contribution is -0.183. The number of carbonyl (C=O) groups is 1. The molecule has 1 unspecified atom stereocenters. The van der Waals surface area contributed by atoms with Gasteiger partial charge in [-0.3, -0.25) is 9.89 Å². The minimum atomic E-state index is -4.42. The maximum atomic E-state index is 13.1. The Kier molecular flexibility index (Phi) is 3.67. The molecule has 0 aliphatic carbocycles. The predicted molar refractivity (Wildman–Crippen MR) is 71.0 cm³/mol. The maximum Gasteiger partial charge on any atom is 0.408 e. The average molecular weight is 313 g/mol. The van der Waals surface area contributed by atoms with E-state index in [1.807, 2.05) is 0 Å². The number of halogens is 3. The molecule has 0 aromatic carbocycles. The number of amides is 1. The fourth-order valence-corrected chi connectivity index (χ4v) is 2.65. The van der Waals surface area contributed by atoms with Crippen LogP contribution in [0.4, 0.5) is 13.2 Å². The van der Waals surface area contributed by atoms with Crippen LogP contribution < -0.4 is 0 Å². The topological polar surface area (TPSA) is 62.1 Å². The first kappa shape index (κ1) is 14.7. The van der Waals surface area contributed by atoms with Gasteiger partial charge in [-0.25, -0.2) is 0 Å². The number of alkyl halides is 3. The van der Waals surface area contributed by atoms with Crippen LogP contribution >= 0.6 is 0 Å². The van der Waals surface area contributed by atoms with E-state index in [2.05, 4.69) is 10.2 Å². The summed E-state index contributed by atoms with van der Waals surface area (Å²) in [7, 11) is 0.